The van der Waals surface area contributed by atoms with Crippen molar-refractivity contribution in [2.24, 2.45) is 0 Å². The molecule has 31 heavy (non-hydrogen) atoms. The number of nitrogens with zero attached hydrogens (tertiary/aromatic N) is 2. The van der Waals surface area contributed by atoms with E-state index in [1.165, 1.54) is 36.7 Å². The van der Waals surface area contributed by atoms with Crippen LogP contribution in [0.3, 0.4) is 0 Å². The first kappa shape index (κ1) is 28.6. The summed E-state index contributed by atoms with van der Waals surface area (Å²) in [5.41, 5.74) is 0.454. The van der Waals surface area contributed by atoms with Crippen LogP contribution in [0.25, 0.3) is 21.8 Å². The molecule has 10 nitrogen and oxygen atoms in total. The van der Waals surface area contributed by atoms with E-state index < -0.39 is 20.2 Å². The van der Waals surface area contributed by atoms with Gasteiger partial charge in [0.15, 0.2) is 0 Å². The third-order valence-corrected chi connectivity index (χ3v) is 5.47. The second-order valence-electron chi connectivity index (χ2n) is 5.57. The van der Waals surface area contributed by atoms with Gasteiger partial charge in [-0.15, -0.1) is 0 Å². The molecule has 0 saturated heterocycles. The summed E-state index contributed by atoms with van der Waals surface area (Å²) < 4.78 is 65.1. The molecule has 0 bridgehead atoms. The minimum Gasteiger partial charge on any atom is -0.744 e. The smallest absolute Gasteiger partial charge is 0.744 e. The summed E-state index contributed by atoms with van der Waals surface area (Å²) in [6.07, 6.45) is 2.91. The molecular weight excluding hydrogens is 502 g/mol. The second-order valence-corrected chi connectivity index (χ2v) is 8.27. The molecule has 0 atom stereocenters. The Morgan fingerprint density at radius 2 is 0.903 bits per heavy atom. The van der Waals surface area contributed by atoms with Crippen molar-refractivity contribution in [1.29, 1.82) is 0 Å². The Hall–Kier alpha value is -2.38. The number of hydrogen-bond acceptors (Lipinski definition) is 8. The van der Waals surface area contributed by atoms with Crippen LogP contribution < -0.4 is 0 Å². The van der Waals surface area contributed by atoms with Crippen LogP contribution in [0, 0.1) is 0 Å². The molecule has 4 aromatic rings. The minimum atomic E-state index is -4.44. The third kappa shape index (κ3) is 6.81. The van der Waals surface area contributed by atoms with Crippen molar-refractivity contribution in [3.05, 3.63) is 73.1 Å². The van der Waals surface area contributed by atoms with Gasteiger partial charge in [0.1, 0.15) is 20.2 Å². The number of hydrogen-bond donors (Lipinski definition) is 0. The Morgan fingerprint density at radius 1 is 0.581 bits per heavy atom. The number of fused-ring (bicyclic) bond motifs is 2. The zero-order chi connectivity index (χ0) is 20.4. The molecule has 4 rings (SSSR count). The molecule has 0 aliphatic heterocycles. The van der Waals surface area contributed by atoms with Crippen LogP contribution in [0.15, 0.2) is 82.8 Å². The first-order valence-corrected chi connectivity index (χ1v) is 10.6. The van der Waals surface area contributed by atoms with Crippen molar-refractivity contribution < 1.29 is 56.4 Å². The van der Waals surface area contributed by atoms with Gasteiger partial charge in [0.2, 0.25) is 0 Å². The van der Waals surface area contributed by atoms with Crippen molar-refractivity contribution in [2.75, 3.05) is 0 Å². The summed E-state index contributed by atoms with van der Waals surface area (Å²) in [5, 5.41) is 1.29. The number of benzene rings is 2. The average Bonchev–Trinajstić information content (AvgIpc) is 2.66. The number of pyridine rings is 2. The van der Waals surface area contributed by atoms with Gasteiger partial charge in [-0.3, -0.25) is 9.97 Å². The van der Waals surface area contributed by atoms with Crippen molar-refractivity contribution in [3.8, 4) is 0 Å². The standard InChI is InChI=1S/2C9H7NO3S.2H2O.Zn/c2*11-14(12,13)8-5-1-3-7-4-2-6-10-9(7)8;;;/h2*1-6H,(H,11,12,13);2*1H2;/q;;;;+2. The molecule has 0 saturated carbocycles. The average molecular weight is 520 g/mol. The summed E-state index contributed by atoms with van der Waals surface area (Å²) in [7, 11) is -8.88. The van der Waals surface area contributed by atoms with Crippen LogP contribution in [-0.2, 0) is 50.7 Å². The van der Waals surface area contributed by atoms with Gasteiger partial charge in [0.05, 0.1) is 20.8 Å². The molecule has 160 valence electrons. The van der Waals surface area contributed by atoms with Gasteiger partial charge >= 0.3 is 19.5 Å². The van der Waals surface area contributed by atoms with E-state index >= 15 is 0 Å². The van der Waals surface area contributed by atoms with E-state index in [-0.39, 0.29) is 51.3 Å². The SMILES string of the molecule is O=S(=O)([O-])c1cccc2cccnc12.O=S(=O)([O-])c1cccc2cccnc12.[OH3+].[OH3+].[Zn+2]. The molecule has 13 heteroatoms. The van der Waals surface area contributed by atoms with Crippen LogP contribution in [0.4, 0.5) is 0 Å². The van der Waals surface area contributed by atoms with Gasteiger partial charge in [-0.1, -0.05) is 36.4 Å². The van der Waals surface area contributed by atoms with E-state index in [0.717, 1.165) is 0 Å². The van der Waals surface area contributed by atoms with Crippen LogP contribution in [0.2, 0.25) is 0 Å². The van der Waals surface area contributed by atoms with Crippen molar-refractivity contribution in [1.82, 2.24) is 9.97 Å². The van der Waals surface area contributed by atoms with Gasteiger partial charge in [-0.2, -0.15) is 0 Å². The molecular formula is C18H18N2O8S2Zn+2. The first-order valence-electron chi connectivity index (χ1n) is 7.77. The topological polar surface area (TPSA) is 206 Å². The van der Waals surface area contributed by atoms with Gasteiger partial charge in [-0.25, -0.2) is 16.8 Å². The van der Waals surface area contributed by atoms with Crippen LogP contribution in [0.1, 0.15) is 0 Å². The normalized spacial score (nSPS) is 10.6. The van der Waals surface area contributed by atoms with Crippen LogP contribution >= 0.6 is 0 Å². The third-order valence-electron chi connectivity index (χ3n) is 3.73. The summed E-state index contributed by atoms with van der Waals surface area (Å²) in [5.74, 6) is 0. The maximum Gasteiger partial charge on any atom is 2.00 e. The fourth-order valence-corrected chi connectivity index (χ4v) is 3.86. The first-order chi connectivity index (χ1) is 13.2. The van der Waals surface area contributed by atoms with Gasteiger partial charge in [-0.05, 0) is 24.3 Å². The van der Waals surface area contributed by atoms with Crippen molar-refractivity contribution in [2.45, 2.75) is 9.79 Å². The predicted octanol–water partition coefficient (Wildman–Crippen LogP) is 0.431. The van der Waals surface area contributed by atoms with E-state index in [4.69, 9.17) is 0 Å². The Morgan fingerprint density at radius 3 is 1.23 bits per heavy atom. The Labute approximate surface area is 190 Å². The Bertz CT molecular complexity index is 1260. The molecule has 2 aromatic carbocycles. The molecule has 0 aliphatic carbocycles. The Balaban J connectivity index is 0.000000529. The van der Waals surface area contributed by atoms with E-state index in [9.17, 15) is 25.9 Å². The summed E-state index contributed by atoms with van der Waals surface area (Å²) in [6.45, 7) is 0. The van der Waals surface area contributed by atoms with Crippen molar-refractivity contribution >= 4 is 42.0 Å². The van der Waals surface area contributed by atoms with Crippen molar-refractivity contribution in [3.63, 3.8) is 0 Å². The largest absolute Gasteiger partial charge is 2.00 e. The van der Waals surface area contributed by atoms with Gasteiger partial charge in [0, 0.05) is 23.2 Å². The quantitative estimate of drug-likeness (QED) is 0.205. The molecule has 0 fully saturated rings. The maximum absolute atomic E-state index is 10.9. The summed E-state index contributed by atoms with van der Waals surface area (Å²) in [4.78, 5) is 7.20. The van der Waals surface area contributed by atoms with Gasteiger partial charge < -0.3 is 20.1 Å². The second kappa shape index (κ2) is 11.3. The molecule has 2 aromatic heterocycles. The van der Waals surface area contributed by atoms with Crippen LogP contribution in [-0.4, -0.2) is 35.9 Å². The van der Waals surface area contributed by atoms with E-state index in [1.807, 2.05) is 0 Å². The molecule has 6 N–H and O–H groups in total. The molecule has 0 aliphatic rings. The minimum absolute atomic E-state index is 0. The molecule has 0 amide bonds. The Kier molecular flexibility index (Phi) is 10.4. The number of rotatable bonds is 2. The number of aromatic nitrogens is 2. The van der Waals surface area contributed by atoms with E-state index in [2.05, 4.69) is 9.97 Å². The molecule has 0 unspecified atom stereocenters. The molecule has 2 heterocycles. The number of para-hydroxylation sites is 2. The van der Waals surface area contributed by atoms with Crippen LogP contribution in [0.5, 0.6) is 0 Å². The fourth-order valence-electron chi connectivity index (χ4n) is 2.56. The summed E-state index contributed by atoms with van der Waals surface area (Å²) >= 11 is 0. The zero-order valence-corrected chi connectivity index (χ0v) is 20.6. The molecule has 0 spiro atoms. The zero-order valence-electron chi connectivity index (χ0n) is 16.0. The predicted molar refractivity (Wildman–Crippen MR) is 109 cm³/mol. The maximum atomic E-state index is 10.9. The van der Waals surface area contributed by atoms with Gasteiger partial charge in [0.25, 0.3) is 0 Å². The van der Waals surface area contributed by atoms with E-state index in [1.54, 1.807) is 36.4 Å². The van der Waals surface area contributed by atoms with E-state index in [0.29, 0.717) is 10.8 Å². The summed E-state index contributed by atoms with van der Waals surface area (Å²) in [6, 6.07) is 15.8. The fraction of sp³-hybridized carbons (Fsp3) is 0. The monoisotopic (exact) mass is 518 g/mol. The molecule has 0 radical (unpaired) electrons.